The normalized spacial score (nSPS) is 12.7. The lowest BCUT2D eigenvalue weighted by molar-refractivity contribution is 0.607. The molecule has 6 nitrogen and oxygen atoms in total. The van der Waals surface area contributed by atoms with Gasteiger partial charge in [-0.1, -0.05) is 52.3 Å². The number of halogens is 3. The van der Waals surface area contributed by atoms with Crippen molar-refractivity contribution in [3.8, 4) is 0 Å². The van der Waals surface area contributed by atoms with E-state index in [1.54, 1.807) is 36.4 Å². The van der Waals surface area contributed by atoms with Gasteiger partial charge < -0.3 is 0 Å². The molecule has 34 heavy (non-hydrogen) atoms. The van der Waals surface area contributed by atoms with Crippen molar-refractivity contribution < 1.29 is 25.3 Å². The summed E-state index contributed by atoms with van der Waals surface area (Å²) in [5, 5.41) is 0. The van der Waals surface area contributed by atoms with E-state index in [1.165, 1.54) is 70.5 Å². The van der Waals surface area contributed by atoms with Crippen LogP contribution in [0.4, 0.5) is 0 Å². The van der Waals surface area contributed by atoms with Gasteiger partial charge in [0.1, 0.15) is 0 Å². The van der Waals surface area contributed by atoms with Crippen LogP contribution in [-0.2, 0) is 27.2 Å². The van der Waals surface area contributed by atoms with Gasteiger partial charge in [0.2, 0.25) is 0 Å². The molecule has 0 amide bonds. The standard InChI is InChI=1S/C18H12Cl3O6PS6/c19-32(22,23)16-7-1-4-13(10-16)29-28(30-14-5-2-8-17(11-14)33(20,24)25)31-15-6-3-9-18(12-15)34(21,26)27/h1-12H. The first-order chi connectivity index (χ1) is 15.7. The summed E-state index contributed by atoms with van der Waals surface area (Å²) in [6.45, 7) is 0. The Morgan fingerprint density at radius 3 is 1.00 bits per heavy atom. The minimum atomic E-state index is -3.93. The molecule has 3 rings (SSSR count). The molecule has 0 saturated carbocycles. The molecule has 0 heterocycles. The summed E-state index contributed by atoms with van der Waals surface area (Å²) in [6, 6.07) is 18.2. The van der Waals surface area contributed by atoms with Crippen molar-refractivity contribution in [2.45, 2.75) is 29.4 Å². The van der Waals surface area contributed by atoms with Gasteiger partial charge in [-0.05, 0) is 54.6 Å². The quantitative estimate of drug-likeness (QED) is 0.173. The van der Waals surface area contributed by atoms with E-state index in [0.29, 0.717) is 14.7 Å². The van der Waals surface area contributed by atoms with Crippen LogP contribution >= 0.6 is 71.7 Å². The molecule has 3 aromatic rings. The van der Waals surface area contributed by atoms with Crippen LogP contribution in [0, 0.1) is 0 Å². The van der Waals surface area contributed by atoms with Crippen molar-refractivity contribution in [2.24, 2.45) is 0 Å². The summed E-state index contributed by atoms with van der Waals surface area (Å²) >= 11 is 4.01. The van der Waals surface area contributed by atoms with Crippen LogP contribution in [0.5, 0.6) is 0 Å². The molecule has 0 atom stereocenters. The van der Waals surface area contributed by atoms with E-state index in [-0.39, 0.29) is 14.7 Å². The van der Waals surface area contributed by atoms with Crippen molar-refractivity contribution in [1.29, 1.82) is 0 Å². The van der Waals surface area contributed by atoms with Crippen LogP contribution in [0.2, 0.25) is 0 Å². The third kappa shape index (κ3) is 8.47. The lowest BCUT2D eigenvalue weighted by Crippen LogP contribution is -1.90. The summed E-state index contributed by atoms with van der Waals surface area (Å²) in [4.78, 5) is 1.64. The highest BCUT2D eigenvalue weighted by Gasteiger charge is 2.20. The second kappa shape index (κ2) is 11.5. The summed E-state index contributed by atoms with van der Waals surface area (Å²) in [5.74, 6) is 0. The van der Waals surface area contributed by atoms with E-state index in [4.69, 9.17) is 32.0 Å². The van der Waals surface area contributed by atoms with E-state index in [2.05, 4.69) is 0 Å². The van der Waals surface area contributed by atoms with E-state index in [1.807, 2.05) is 0 Å². The highest BCUT2D eigenvalue weighted by atomic mass is 35.7. The van der Waals surface area contributed by atoms with Crippen molar-refractivity contribution in [3.63, 3.8) is 0 Å². The highest BCUT2D eigenvalue weighted by molar-refractivity contribution is 9.12. The number of benzene rings is 3. The Morgan fingerprint density at radius 1 is 0.500 bits per heavy atom. The Bertz CT molecular complexity index is 1350. The second-order valence-corrected chi connectivity index (χ2v) is 23.4. The topological polar surface area (TPSA) is 102 Å². The molecule has 0 bridgehead atoms. The molecule has 0 aliphatic carbocycles. The van der Waals surface area contributed by atoms with Crippen molar-refractivity contribution in [2.75, 3.05) is 0 Å². The molecule has 0 unspecified atom stereocenters. The molecule has 182 valence electrons. The van der Waals surface area contributed by atoms with Gasteiger partial charge in [-0.25, -0.2) is 25.3 Å². The summed E-state index contributed by atoms with van der Waals surface area (Å²) in [6.07, 6.45) is 0. The van der Waals surface area contributed by atoms with Crippen LogP contribution in [0.25, 0.3) is 0 Å². The van der Waals surface area contributed by atoms with E-state index >= 15 is 0 Å². The maximum absolute atomic E-state index is 11.7. The van der Waals surface area contributed by atoms with E-state index < -0.39 is 32.7 Å². The van der Waals surface area contributed by atoms with Crippen molar-refractivity contribution >= 4 is 98.9 Å². The predicted molar refractivity (Wildman–Crippen MR) is 143 cm³/mol. The smallest absolute Gasteiger partial charge is 0.207 e. The van der Waals surface area contributed by atoms with Gasteiger partial charge in [-0.15, -0.1) is 0 Å². The Hall–Kier alpha value is -0.140. The largest absolute Gasteiger partial charge is 0.261 e. The number of hydrogen-bond acceptors (Lipinski definition) is 9. The molecule has 0 aliphatic rings. The fraction of sp³-hybridized carbons (Fsp3) is 0. The third-order valence-corrected chi connectivity index (χ3v) is 17.0. The first-order valence-corrected chi connectivity index (χ1v) is 21.2. The van der Waals surface area contributed by atoms with Crippen molar-refractivity contribution in [3.05, 3.63) is 72.8 Å². The highest BCUT2D eigenvalue weighted by Crippen LogP contribution is 2.76. The van der Waals surface area contributed by atoms with Gasteiger partial charge in [-0.2, -0.15) is 0 Å². The van der Waals surface area contributed by atoms with Gasteiger partial charge in [0, 0.05) is 46.7 Å². The minimum Gasteiger partial charge on any atom is -0.207 e. The van der Waals surface area contributed by atoms with Crippen LogP contribution in [0.1, 0.15) is 0 Å². The lowest BCUT2D eigenvalue weighted by atomic mass is 10.4. The maximum atomic E-state index is 11.7. The summed E-state index contributed by atoms with van der Waals surface area (Å²) in [7, 11) is 4.60. The van der Waals surface area contributed by atoms with Crippen LogP contribution in [0.15, 0.2) is 102 Å². The third-order valence-electron chi connectivity index (χ3n) is 3.80. The number of rotatable bonds is 9. The predicted octanol–water partition coefficient (Wildman–Crippen LogP) is 7.37. The molecule has 0 aliphatic heterocycles. The first kappa shape index (κ1) is 28.4. The average molecular weight is 654 g/mol. The zero-order valence-electron chi connectivity index (χ0n) is 16.4. The Balaban J connectivity index is 1.97. The van der Waals surface area contributed by atoms with Gasteiger partial charge in [0.05, 0.1) is 20.2 Å². The van der Waals surface area contributed by atoms with Gasteiger partial charge in [-0.3, -0.25) is 0 Å². The average Bonchev–Trinajstić information content (AvgIpc) is 2.72. The fourth-order valence-electron chi connectivity index (χ4n) is 2.36. The molecule has 16 heteroatoms. The van der Waals surface area contributed by atoms with Crippen molar-refractivity contribution in [1.82, 2.24) is 0 Å². The summed E-state index contributed by atoms with van der Waals surface area (Å²) < 4.78 is 70.4. The molecule has 0 N–H and O–H groups in total. The van der Waals surface area contributed by atoms with Crippen LogP contribution in [0.3, 0.4) is 0 Å². The lowest BCUT2D eigenvalue weighted by Gasteiger charge is -2.16. The zero-order valence-corrected chi connectivity index (χ0v) is 24.5. The minimum absolute atomic E-state index is 0.0606. The van der Waals surface area contributed by atoms with E-state index in [0.717, 1.165) is 0 Å². The zero-order chi connectivity index (χ0) is 25.1. The van der Waals surface area contributed by atoms with Crippen LogP contribution in [-0.4, -0.2) is 25.3 Å². The Kier molecular flexibility index (Phi) is 9.61. The van der Waals surface area contributed by atoms with Gasteiger partial charge >= 0.3 is 0 Å². The number of hydrogen-bond donors (Lipinski definition) is 0. The van der Waals surface area contributed by atoms with Crippen LogP contribution < -0.4 is 0 Å². The molecule has 0 radical (unpaired) electrons. The Morgan fingerprint density at radius 2 is 0.765 bits per heavy atom. The maximum Gasteiger partial charge on any atom is 0.261 e. The second-order valence-electron chi connectivity index (χ2n) is 6.24. The van der Waals surface area contributed by atoms with Gasteiger partial charge in [0.15, 0.2) is 0 Å². The van der Waals surface area contributed by atoms with E-state index in [9.17, 15) is 25.3 Å². The Labute approximate surface area is 224 Å². The van der Waals surface area contributed by atoms with Gasteiger partial charge in [0.25, 0.3) is 27.2 Å². The molecule has 0 saturated heterocycles. The molecule has 0 aromatic heterocycles. The monoisotopic (exact) mass is 652 g/mol. The molecular weight excluding hydrogens is 642 g/mol. The summed E-state index contributed by atoms with van der Waals surface area (Å²) in [5.41, 5.74) is -1.20. The first-order valence-electron chi connectivity index (χ1n) is 8.70. The molecule has 0 spiro atoms. The SMILES string of the molecule is O=S(=O)(Cl)c1cccc(SP(Sc2cccc(S(=O)(=O)Cl)c2)Sc2cccc(S(=O)(=O)Cl)c2)c1. The molecule has 3 aromatic carbocycles. The molecular formula is C18H12Cl3O6PS6. The fourth-order valence-corrected chi connectivity index (χ4v) is 15.1. The molecule has 0 fully saturated rings.